The van der Waals surface area contributed by atoms with Crippen molar-refractivity contribution in [3.63, 3.8) is 0 Å². The van der Waals surface area contributed by atoms with Crippen LogP contribution in [0.2, 0.25) is 0 Å². The van der Waals surface area contributed by atoms with Crippen molar-refractivity contribution >= 4 is 0 Å². The molecule has 0 N–H and O–H groups in total. The number of allylic oxidation sites excluding steroid dienone is 1. The van der Waals surface area contributed by atoms with Crippen molar-refractivity contribution in [2.24, 2.45) is 11.8 Å². The van der Waals surface area contributed by atoms with Gasteiger partial charge in [0.15, 0.2) is 0 Å². The molecule has 2 atom stereocenters. The molecule has 0 spiro atoms. The molecule has 120 valence electrons. The van der Waals surface area contributed by atoms with Crippen LogP contribution in [-0.2, 0) is 22.7 Å². The predicted molar refractivity (Wildman–Crippen MR) is 92.9 cm³/mol. The zero-order chi connectivity index (χ0) is 15.7. The molecule has 2 nitrogen and oxygen atoms in total. The molecule has 2 aromatic rings. The maximum absolute atomic E-state index is 5.90. The zero-order valence-electron chi connectivity index (χ0n) is 13.4. The van der Waals surface area contributed by atoms with Crippen molar-refractivity contribution in [2.75, 3.05) is 13.2 Å². The highest BCUT2D eigenvalue weighted by Gasteiger charge is 2.23. The van der Waals surface area contributed by atoms with Gasteiger partial charge in [-0.25, -0.2) is 0 Å². The van der Waals surface area contributed by atoms with Gasteiger partial charge in [-0.1, -0.05) is 72.8 Å². The Hall–Kier alpha value is -1.90. The highest BCUT2D eigenvalue weighted by atomic mass is 16.5. The zero-order valence-corrected chi connectivity index (χ0v) is 13.4. The van der Waals surface area contributed by atoms with E-state index >= 15 is 0 Å². The number of benzene rings is 2. The Kier molecular flexibility index (Phi) is 6.01. The average Bonchev–Trinajstić information content (AvgIpc) is 3.04. The summed E-state index contributed by atoms with van der Waals surface area (Å²) in [5.41, 5.74) is 2.46. The Balaban J connectivity index is 1.38. The molecule has 2 aromatic carbocycles. The first-order chi connectivity index (χ1) is 11.4. The van der Waals surface area contributed by atoms with Gasteiger partial charge < -0.3 is 9.47 Å². The lowest BCUT2D eigenvalue weighted by atomic mass is 9.97. The molecule has 0 saturated carbocycles. The van der Waals surface area contributed by atoms with Crippen LogP contribution in [0.25, 0.3) is 0 Å². The Morgan fingerprint density at radius 1 is 0.739 bits per heavy atom. The van der Waals surface area contributed by atoms with Crippen LogP contribution in [0.15, 0.2) is 72.8 Å². The van der Waals surface area contributed by atoms with Crippen molar-refractivity contribution in [1.82, 2.24) is 0 Å². The molecule has 1 aliphatic carbocycles. The van der Waals surface area contributed by atoms with Gasteiger partial charge in [0.2, 0.25) is 0 Å². The molecule has 0 unspecified atom stereocenters. The van der Waals surface area contributed by atoms with E-state index in [1.165, 1.54) is 11.1 Å². The van der Waals surface area contributed by atoms with E-state index in [-0.39, 0.29) is 0 Å². The van der Waals surface area contributed by atoms with Crippen molar-refractivity contribution in [3.05, 3.63) is 83.9 Å². The van der Waals surface area contributed by atoms with Gasteiger partial charge in [0.25, 0.3) is 0 Å². The number of hydrogen-bond donors (Lipinski definition) is 0. The summed E-state index contributed by atoms with van der Waals surface area (Å²) in [6, 6.07) is 20.7. The fourth-order valence-corrected chi connectivity index (χ4v) is 2.93. The molecule has 0 aliphatic heterocycles. The fourth-order valence-electron chi connectivity index (χ4n) is 2.93. The van der Waals surface area contributed by atoms with Gasteiger partial charge in [0.1, 0.15) is 0 Å². The van der Waals surface area contributed by atoms with Crippen molar-refractivity contribution in [1.29, 1.82) is 0 Å². The predicted octanol–water partition coefficient (Wildman–Crippen LogP) is 4.61. The smallest absolute Gasteiger partial charge is 0.0717 e. The Morgan fingerprint density at radius 3 is 1.91 bits per heavy atom. The first-order valence-corrected chi connectivity index (χ1v) is 8.32. The van der Waals surface area contributed by atoms with E-state index in [0.29, 0.717) is 25.0 Å². The third kappa shape index (κ3) is 5.05. The minimum absolute atomic E-state index is 0.467. The molecule has 3 rings (SSSR count). The maximum atomic E-state index is 5.90. The van der Waals surface area contributed by atoms with Gasteiger partial charge in [-0.05, 0) is 23.5 Å². The lowest BCUT2D eigenvalue weighted by Gasteiger charge is -2.19. The highest BCUT2D eigenvalue weighted by molar-refractivity contribution is 5.14. The van der Waals surface area contributed by atoms with E-state index in [2.05, 4.69) is 48.6 Å². The SMILES string of the molecule is C1=C[C@@H](COCc2ccccc2)[C@H](COCc2ccccc2)C1. The fraction of sp³-hybridized carbons (Fsp3) is 0.333. The van der Waals surface area contributed by atoms with E-state index in [1.807, 2.05) is 24.3 Å². The van der Waals surface area contributed by atoms with E-state index in [1.54, 1.807) is 0 Å². The molecule has 0 aromatic heterocycles. The molecule has 0 heterocycles. The van der Waals surface area contributed by atoms with Crippen molar-refractivity contribution in [2.45, 2.75) is 19.6 Å². The summed E-state index contributed by atoms with van der Waals surface area (Å²) in [5, 5.41) is 0. The van der Waals surface area contributed by atoms with Crippen LogP contribution in [-0.4, -0.2) is 13.2 Å². The Labute approximate surface area is 138 Å². The minimum atomic E-state index is 0.467. The van der Waals surface area contributed by atoms with E-state index in [0.717, 1.165) is 19.6 Å². The normalized spacial score (nSPS) is 20.0. The summed E-state index contributed by atoms with van der Waals surface area (Å²) in [7, 11) is 0. The second-order valence-electron chi connectivity index (χ2n) is 6.09. The van der Waals surface area contributed by atoms with E-state index in [4.69, 9.17) is 9.47 Å². The summed E-state index contributed by atoms with van der Waals surface area (Å²) in [6.07, 6.45) is 5.63. The summed E-state index contributed by atoms with van der Waals surface area (Å²) in [4.78, 5) is 0. The first-order valence-electron chi connectivity index (χ1n) is 8.32. The topological polar surface area (TPSA) is 18.5 Å². The third-order valence-corrected chi connectivity index (χ3v) is 4.29. The van der Waals surface area contributed by atoms with Crippen LogP contribution in [0.4, 0.5) is 0 Å². The molecular weight excluding hydrogens is 284 g/mol. The number of rotatable bonds is 8. The molecule has 23 heavy (non-hydrogen) atoms. The van der Waals surface area contributed by atoms with Gasteiger partial charge in [0, 0.05) is 5.92 Å². The third-order valence-electron chi connectivity index (χ3n) is 4.29. The largest absolute Gasteiger partial charge is 0.376 e. The summed E-state index contributed by atoms with van der Waals surface area (Å²) < 4.78 is 11.8. The molecule has 0 amide bonds. The molecular formula is C21H24O2. The standard InChI is InChI=1S/C21H24O2/c1-3-8-18(9-4-1)14-22-16-20-12-7-13-21(20)17-23-15-19-10-5-2-6-11-19/h1-12,20-21H,13-17H2/t20-,21-/m0/s1. The van der Waals surface area contributed by atoms with Crippen molar-refractivity contribution < 1.29 is 9.47 Å². The van der Waals surface area contributed by atoms with Crippen LogP contribution in [0.5, 0.6) is 0 Å². The molecule has 1 aliphatic rings. The van der Waals surface area contributed by atoms with Crippen molar-refractivity contribution in [3.8, 4) is 0 Å². The Morgan fingerprint density at radius 2 is 1.30 bits per heavy atom. The van der Waals surface area contributed by atoms with Crippen LogP contribution in [0.1, 0.15) is 17.5 Å². The molecule has 0 saturated heterocycles. The van der Waals surface area contributed by atoms with Gasteiger partial charge in [-0.3, -0.25) is 0 Å². The Bertz CT molecular complexity index is 592. The molecule has 0 fully saturated rings. The monoisotopic (exact) mass is 308 g/mol. The van der Waals surface area contributed by atoms with E-state index in [9.17, 15) is 0 Å². The first kappa shape index (κ1) is 16.0. The van der Waals surface area contributed by atoms with Crippen LogP contribution >= 0.6 is 0 Å². The van der Waals surface area contributed by atoms with Gasteiger partial charge in [-0.2, -0.15) is 0 Å². The second-order valence-corrected chi connectivity index (χ2v) is 6.09. The minimum Gasteiger partial charge on any atom is -0.376 e. The van der Waals surface area contributed by atoms with Gasteiger partial charge in [-0.15, -0.1) is 0 Å². The molecule has 0 bridgehead atoms. The molecule has 2 heteroatoms. The van der Waals surface area contributed by atoms with Gasteiger partial charge >= 0.3 is 0 Å². The summed E-state index contributed by atoms with van der Waals surface area (Å²) in [5.74, 6) is 1.00. The van der Waals surface area contributed by atoms with E-state index < -0.39 is 0 Å². The lowest BCUT2D eigenvalue weighted by molar-refractivity contribution is 0.0412. The lowest BCUT2D eigenvalue weighted by Crippen LogP contribution is -2.19. The number of ether oxygens (including phenoxy) is 2. The number of hydrogen-bond acceptors (Lipinski definition) is 2. The van der Waals surface area contributed by atoms with Gasteiger partial charge in [0.05, 0.1) is 26.4 Å². The second kappa shape index (κ2) is 8.66. The quantitative estimate of drug-likeness (QED) is 0.663. The summed E-state index contributed by atoms with van der Waals surface area (Å²) >= 11 is 0. The summed E-state index contributed by atoms with van der Waals surface area (Å²) in [6.45, 7) is 2.93. The maximum Gasteiger partial charge on any atom is 0.0717 e. The van der Waals surface area contributed by atoms with Crippen LogP contribution in [0, 0.1) is 11.8 Å². The highest BCUT2D eigenvalue weighted by Crippen LogP contribution is 2.26. The van der Waals surface area contributed by atoms with Crippen LogP contribution in [0.3, 0.4) is 0 Å². The average molecular weight is 308 g/mol. The molecule has 0 radical (unpaired) electrons. The van der Waals surface area contributed by atoms with Crippen LogP contribution < -0.4 is 0 Å².